The van der Waals surface area contributed by atoms with E-state index in [1.54, 1.807) is 12.1 Å². The molecule has 1 aliphatic heterocycles. The third kappa shape index (κ3) is 5.21. The topological polar surface area (TPSA) is 110 Å². The van der Waals surface area contributed by atoms with Gasteiger partial charge in [-0.1, -0.05) is 58.5 Å². The lowest BCUT2D eigenvalue weighted by molar-refractivity contribution is -0.122. The fraction of sp³-hybridized carbons (Fsp3) is 0. The number of imide groups is 2. The first kappa shape index (κ1) is 26.0. The number of carbonyl (C=O) groups excluding carboxylic acids is 3. The fourth-order valence-corrected chi connectivity index (χ4v) is 5.11. The van der Waals surface area contributed by atoms with E-state index in [0.29, 0.717) is 9.92 Å². The van der Waals surface area contributed by atoms with E-state index in [1.807, 2.05) is 5.32 Å². The van der Waals surface area contributed by atoms with Crippen LogP contribution in [0.4, 0.5) is 10.5 Å². The number of anilines is 1. The zero-order valence-corrected chi connectivity index (χ0v) is 21.5. The van der Waals surface area contributed by atoms with E-state index in [9.17, 15) is 22.8 Å². The minimum Gasteiger partial charge on any atom is -0.377 e. The van der Waals surface area contributed by atoms with Crippen molar-refractivity contribution in [2.75, 3.05) is 4.90 Å². The number of rotatable bonds is 5. The van der Waals surface area contributed by atoms with Gasteiger partial charge in [-0.2, -0.15) is 8.42 Å². The van der Waals surface area contributed by atoms with Gasteiger partial charge in [0.2, 0.25) is 0 Å². The van der Waals surface area contributed by atoms with Crippen molar-refractivity contribution in [3.63, 3.8) is 0 Å². The van der Waals surface area contributed by atoms with E-state index < -0.39 is 39.3 Å². The van der Waals surface area contributed by atoms with Gasteiger partial charge in [-0.05, 0) is 54.6 Å². The highest BCUT2D eigenvalue weighted by atomic mass is 35.5. The molecular weight excluding hydrogens is 574 g/mol. The Morgan fingerprint density at radius 1 is 0.833 bits per heavy atom. The third-order valence-electron chi connectivity index (χ3n) is 4.83. The van der Waals surface area contributed by atoms with E-state index in [0.717, 1.165) is 6.08 Å². The van der Waals surface area contributed by atoms with Crippen LogP contribution in [0.2, 0.25) is 20.1 Å². The molecule has 3 aromatic carbocycles. The number of amides is 4. The van der Waals surface area contributed by atoms with Gasteiger partial charge < -0.3 is 4.18 Å². The van der Waals surface area contributed by atoms with Crippen molar-refractivity contribution in [1.82, 2.24) is 5.32 Å². The van der Waals surface area contributed by atoms with Crippen molar-refractivity contribution in [3.05, 3.63) is 91.9 Å². The number of hydrogen-bond acceptors (Lipinski definition) is 6. The Morgan fingerprint density at radius 2 is 1.50 bits per heavy atom. The standard InChI is InChI=1S/C23H12Cl4N2O6S/c24-13-5-7-15(8-6-13)36(33,34)35-20-12(9-14(25)11-18(20)27)10-16-21(30)28-23(32)29(22(16)31)19-4-2-1-3-17(19)26/h1-11H,(H,28,30,32)/b16-10+. The van der Waals surface area contributed by atoms with Gasteiger partial charge in [-0.3, -0.25) is 14.9 Å². The van der Waals surface area contributed by atoms with Crippen molar-refractivity contribution in [2.45, 2.75) is 4.90 Å². The molecule has 3 aromatic rings. The molecule has 0 radical (unpaired) electrons. The molecule has 1 aliphatic rings. The Labute approximate surface area is 225 Å². The van der Waals surface area contributed by atoms with E-state index in [4.69, 9.17) is 50.6 Å². The first-order valence-corrected chi connectivity index (χ1v) is 12.7. The Morgan fingerprint density at radius 3 is 2.17 bits per heavy atom. The third-order valence-corrected chi connectivity index (χ3v) is 7.13. The number of halogens is 4. The van der Waals surface area contributed by atoms with Gasteiger partial charge in [0.25, 0.3) is 11.8 Å². The molecule has 1 fully saturated rings. The van der Waals surface area contributed by atoms with Crippen molar-refractivity contribution in [3.8, 4) is 5.75 Å². The lowest BCUT2D eigenvalue weighted by atomic mass is 10.1. The summed E-state index contributed by atoms with van der Waals surface area (Å²) in [7, 11) is -4.41. The monoisotopic (exact) mass is 584 g/mol. The predicted octanol–water partition coefficient (Wildman–Crippen LogP) is 5.73. The maximum Gasteiger partial charge on any atom is 0.339 e. The van der Waals surface area contributed by atoms with Crippen molar-refractivity contribution in [2.24, 2.45) is 0 Å². The van der Waals surface area contributed by atoms with Crippen molar-refractivity contribution >= 4 is 86.1 Å². The highest BCUT2D eigenvalue weighted by Crippen LogP contribution is 2.37. The van der Waals surface area contributed by atoms with Crippen LogP contribution in [0, 0.1) is 0 Å². The Kier molecular flexibility index (Phi) is 7.31. The van der Waals surface area contributed by atoms with Crippen LogP contribution >= 0.6 is 46.4 Å². The molecule has 184 valence electrons. The largest absolute Gasteiger partial charge is 0.377 e. The van der Waals surface area contributed by atoms with Crippen LogP contribution in [0.1, 0.15) is 5.56 Å². The molecule has 36 heavy (non-hydrogen) atoms. The highest BCUT2D eigenvalue weighted by molar-refractivity contribution is 7.87. The maximum absolute atomic E-state index is 13.2. The summed E-state index contributed by atoms with van der Waals surface area (Å²) in [6.07, 6.45) is 1.01. The second kappa shape index (κ2) is 10.1. The van der Waals surface area contributed by atoms with E-state index in [2.05, 4.69) is 0 Å². The molecule has 0 spiro atoms. The SMILES string of the molecule is O=C1NC(=O)N(c2ccccc2Cl)C(=O)/C1=C/c1cc(Cl)cc(Cl)c1OS(=O)(=O)c1ccc(Cl)cc1. The van der Waals surface area contributed by atoms with Gasteiger partial charge in [0, 0.05) is 15.6 Å². The number of carbonyl (C=O) groups is 3. The summed E-state index contributed by atoms with van der Waals surface area (Å²) in [5, 5.41) is 2.28. The van der Waals surface area contributed by atoms with Crippen molar-refractivity contribution in [1.29, 1.82) is 0 Å². The zero-order valence-electron chi connectivity index (χ0n) is 17.7. The Hall–Kier alpha value is -3.08. The normalized spacial score (nSPS) is 15.3. The molecule has 1 N–H and O–H groups in total. The van der Waals surface area contributed by atoms with Gasteiger partial charge in [-0.25, -0.2) is 9.69 Å². The molecule has 0 aliphatic carbocycles. The first-order valence-electron chi connectivity index (χ1n) is 9.83. The first-order chi connectivity index (χ1) is 17.0. The number of urea groups is 1. The molecule has 0 bridgehead atoms. The van der Waals surface area contributed by atoms with Gasteiger partial charge in [-0.15, -0.1) is 0 Å². The molecule has 8 nitrogen and oxygen atoms in total. The van der Waals surface area contributed by atoms with E-state index >= 15 is 0 Å². The highest BCUT2D eigenvalue weighted by Gasteiger charge is 2.38. The quantitative estimate of drug-likeness (QED) is 0.232. The molecule has 0 aromatic heterocycles. The fourth-order valence-electron chi connectivity index (χ4n) is 3.20. The number of hydrogen-bond donors (Lipinski definition) is 1. The molecule has 0 unspecified atom stereocenters. The average Bonchev–Trinajstić information content (AvgIpc) is 2.80. The summed E-state index contributed by atoms with van der Waals surface area (Å²) in [6.45, 7) is 0. The number of nitrogens with zero attached hydrogens (tertiary/aromatic N) is 1. The summed E-state index contributed by atoms with van der Waals surface area (Å²) >= 11 is 24.3. The van der Waals surface area contributed by atoms with E-state index in [1.165, 1.54) is 48.5 Å². The van der Waals surface area contributed by atoms with Crippen LogP contribution < -0.4 is 14.4 Å². The van der Waals surface area contributed by atoms with E-state index in [-0.39, 0.29) is 31.2 Å². The number of para-hydroxylation sites is 1. The molecule has 0 atom stereocenters. The van der Waals surface area contributed by atoms with Crippen LogP contribution in [0.3, 0.4) is 0 Å². The lowest BCUT2D eigenvalue weighted by Gasteiger charge is -2.27. The molecule has 0 saturated carbocycles. The molecule has 13 heteroatoms. The van der Waals surface area contributed by atoms with Crippen LogP contribution in [-0.4, -0.2) is 26.3 Å². The van der Waals surface area contributed by atoms with Crippen LogP contribution in [0.15, 0.2) is 71.1 Å². The van der Waals surface area contributed by atoms with Gasteiger partial charge in [0.05, 0.1) is 15.7 Å². The summed E-state index contributed by atoms with van der Waals surface area (Å²) in [5.74, 6) is -2.44. The van der Waals surface area contributed by atoms with Crippen molar-refractivity contribution < 1.29 is 27.0 Å². The lowest BCUT2D eigenvalue weighted by Crippen LogP contribution is -2.54. The number of barbiturate groups is 1. The minimum atomic E-state index is -4.41. The Balaban J connectivity index is 1.80. The summed E-state index contributed by atoms with van der Waals surface area (Å²) < 4.78 is 31.0. The minimum absolute atomic E-state index is 0.0333. The zero-order chi connectivity index (χ0) is 26.2. The van der Waals surface area contributed by atoms with Gasteiger partial charge >= 0.3 is 16.1 Å². The second-order valence-corrected chi connectivity index (χ2v) is 10.4. The molecule has 1 saturated heterocycles. The van der Waals surface area contributed by atoms with Gasteiger partial charge in [0.1, 0.15) is 10.5 Å². The summed E-state index contributed by atoms with van der Waals surface area (Å²) in [4.78, 5) is 38.7. The number of benzene rings is 3. The molecular formula is C23H12Cl4N2O6S. The van der Waals surface area contributed by atoms with Crippen LogP contribution in [-0.2, 0) is 19.7 Å². The van der Waals surface area contributed by atoms with Crippen LogP contribution in [0.5, 0.6) is 5.75 Å². The molecule has 4 amide bonds. The smallest absolute Gasteiger partial charge is 0.339 e. The number of nitrogens with one attached hydrogen (secondary N) is 1. The van der Waals surface area contributed by atoms with Gasteiger partial charge in [0.15, 0.2) is 5.75 Å². The maximum atomic E-state index is 13.2. The van der Waals surface area contributed by atoms with Crippen LogP contribution in [0.25, 0.3) is 6.08 Å². The summed E-state index contributed by atoms with van der Waals surface area (Å²) in [6, 6.07) is 12.6. The molecule has 1 heterocycles. The predicted molar refractivity (Wildman–Crippen MR) is 136 cm³/mol. The summed E-state index contributed by atoms with van der Waals surface area (Å²) in [5.41, 5.74) is -0.607. The Bertz CT molecular complexity index is 1560. The molecule has 4 rings (SSSR count). The second-order valence-electron chi connectivity index (χ2n) is 7.21. The average molecular weight is 586 g/mol.